The molecule has 32 heavy (non-hydrogen) atoms. The predicted molar refractivity (Wildman–Crippen MR) is 123 cm³/mol. The van der Waals surface area contributed by atoms with Gasteiger partial charge in [-0.15, -0.1) is 0 Å². The van der Waals surface area contributed by atoms with Crippen LogP contribution in [0.3, 0.4) is 0 Å². The summed E-state index contributed by atoms with van der Waals surface area (Å²) in [6, 6.07) is 15.6. The Kier molecular flexibility index (Phi) is 7.80. The predicted octanol–water partition coefficient (Wildman–Crippen LogP) is 3.26. The number of benzene rings is 2. The Morgan fingerprint density at radius 3 is 2.53 bits per heavy atom. The second-order valence-corrected chi connectivity index (χ2v) is 9.37. The van der Waals surface area contributed by atoms with E-state index in [1.54, 1.807) is 30.3 Å². The Hall–Kier alpha value is -2.99. The molecule has 2 aromatic carbocycles. The number of sulfonamides is 1. The van der Waals surface area contributed by atoms with Crippen LogP contribution in [0, 0.1) is 0 Å². The van der Waals surface area contributed by atoms with E-state index in [0.717, 1.165) is 4.47 Å². The quantitative estimate of drug-likeness (QED) is 0.241. The third kappa shape index (κ3) is 6.76. The van der Waals surface area contributed by atoms with Crippen molar-refractivity contribution < 1.29 is 22.4 Å². The summed E-state index contributed by atoms with van der Waals surface area (Å²) >= 11 is 9.03. The summed E-state index contributed by atoms with van der Waals surface area (Å²) in [6.07, 6.45) is 1.18. The van der Waals surface area contributed by atoms with Crippen molar-refractivity contribution in [1.82, 2.24) is 10.1 Å². The van der Waals surface area contributed by atoms with Crippen molar-refractivity contribution in [3.8, 4) is 0 Å². The second kappa shape index (κ2) is 10.6. The number of carbonyl (C=O) groups is 2. The zero-order valence-corrected chi connectivity index (χ0v) is 19.4. The van der Waals surface area contributed by atoms with E-state index in [2.05, 4.69) is 36.5 Å². The zero-order chi connectivity index (χ0) is 23.1. The summed E-state index contributed by atoms with van der Waals surface area (Å²) in [4.78, 5) is 23.8. The molecule has 0 spiro atoms. The van der Waals surface area contributed by atoms with E-state index in [1.807, 2.05) is 0 Å². The molecule has 3 N–H and O–H groups in total. The van der Waals surface area contributed by atoms with E-state index >= 15 is 0 Å². The van der Waals surface area contributed by atoms with Crippen LogP contribution in [0.4, 0.5) is 5.69 Å². The van der Waals surface area contributed by atoms with E-state index in [9.17, 15) is 18.0 Å². The van der Waals surface area contributed by atoms with Gasteiger partial charge in [-0.2, -0.15) is 5.10 Å². The Balaban J connectivity index is 1.50. The number of nitrogens with zero attached hydrogens (tertiary/aromatic N) is 1. The highest BCUT2D eigenvalue weighted by atomic mass is 79.9. The fourth-order valence-corrected chi connectivity index (χ4v) is 3.90. The van der Waals surface area contributed by atoms with E-state index in [1.165, 1.54) is 36.5 Å². The first-order valence-electron chi connectivity index (χ1n) is 8.97. The molecule has 0 saturated heterocycles. The van der Waals surface area contributed by atoms with E-state index in [-0.39, 0.29) is 17.2 Å². The molecule has 3 rings (SSSR count). The SMILES string of the molecule is O=C(N/N=C/c1ccc(CNS(=O)(=O)c2ccc(Cl)cc2)o1)C(=O)Nc1cccc(Br)c1. The molecule has 3 aromatic rings. The van der Waals surface area contributed by atoms with Gasteiger partial charge in [0.25, 0.3) is 0 Å². The number of anilines is 1. The van der Waals surface area contributed by atoms with E-state index in [0.29, 0.717) is 16.5 Å². The summed E-state index contributed by atoms with van der Waals surface area (Å²) in [6.45, 7) is -0.0970. The molecule has 12 heteroatoms. The molecule has 0 fully saturated rings. The van der Waals surface area contributed by atoms with Crippen LogP contribution in [0.2, 0.25) is 5.02 Å². The van der Waals surface area contributed by atoms with Gasteiger partial charge in [-0.25, -0.2) is 18.6 Å². The summed E-state index contributed by atoms with van der Waals surface area (Å²) < 4.78 is 33.1. The van der Waals surface area contributed by atoms with Gasteiger partial charge in [0.1, 0.15) is 11.5 Å². The van der Waals surface area contributed by atoms with Gasteiger partial charge in [-0.1, -0.05) is 33.6 Å². The van der Waals surface area contributed by atoms with Crippen LogP contribution in [0.25, 0.3) is 0 Å². The highest BCUT2D eigenvalue weighted by molar-refractivity contribution is 9.10. The van der Waals surface area contributed by atoms with Gasteiger partial charge >= 0.3 is 11.8 Å². The number of rotatable bonds is 7. The molecule has 0 aliphatic heterocycles. The average Bonchev–Trinajstić information content (AvgIpc) is 3.20. The molecule has 0 aliphatic carbocycles. The number of nitrogens with one attached hydrogen (secondary N) is 3. The van der Waals surface area contributed by atoms with Gasteiger partial charge in [0.2, 0.25) is 10.0 Å². The number of hydrogen-bond donors (Lipinski definition) is 3. The highest BCUT2D eigenvalue weighted by Crippen LogP contribution is 2.16. The highest BCUT2D eigenvalue weighted by Gasteiger charge is 2.15. The maximum atomic E-state index is 12.3. The normalized spacial score (nSPS) is 11.4. The Morgan fingerprint density at radius 2 is 1.81 bits per heavy atom. The molecular formula is C20H16BrClN4O5S. The monoisotopic (exact) mass is 538 g/mol. The standard InChI is InChI=1S/C20H16BrClN4O5S/c21-13-2-1-3-15(10-13)25-19(27)20(28)26-23-11-16-6-7-17(31-16)12-24-32(29,30)18-8-4-14(22)5-9-18/h1-11,24H,12H2,(H,25,27)(H,26,28)/b23-11+. The minimum absolute atomic E-state index is 0.0686. The Bertz CT molecular complexity index is 1260. The fraction of sp³-hybridized carbons (Fsp3) is 0.0500. The first-order chi connectivity index (χ1) is 15.2. The van der Waals surface area contributed by atoms with Crippen LogP contribution in [0.5, 0.6) is 0 Å². The van der Waals surface area contributed by atoms with Crippen molar-refractivity contribution >= 4 is 61.3 Å². The first kappa shape index (κ1) is 23.7. The van der Waals surface area contributed by atoms with Gasteiger partial charge < -0.3 is 9.73 Å². The number of carbonyl (C=O) groups excluding carboxylic acids is 2. The lowest BCUT2D eigenvalue weighted by Gasteiger charge is -2.05. The van der Waals surface area contributed by atoms with E-state index in [4.69, 9.17) is 16.0 Å². The molecule has 166 valence electrons. The van der Waals surface area contributed by atoms with Crippen molar-refractivity contribution in [3.63, 3.8) is 0 Å². The Morgan fingerprint density at radius 1 is 1.06 bits per heavy atom. The van der Waals surface area contributed by atoms with Crippen LogP contribution in [0.1, 0.15) is 11.5 Å². The maximum Gasteiger partial charge on any atom is 0.329 e. The van der Waals surface area contributed by atoms with Gasteiger partial charge in [-0.05, 0) is 54.6 Å². The maximum absolute atomic E-state index is 12.3. The van der Waals surface area contributed by atoms with Crippen molar-refractivity contribution in [1.29, 1.82) is 0 Å². The smallest absolute Gasteiger partial charge is 0.329 e. The number of amides is 2. The van der Waals surface area contributed by atoms with Crippen molar-refractivity contribution in [2.45, 2.75) is 11.4 Å². The molecule has 2 amide bonds. The number of hydrogen-bond acceptors (Lipinski definition) is 6. The number of hydrazone groups is 1. The summed E-state index contributed by atoms with van der Waals surface area (Å²) in [5.74, 6) is -1.29. The van der Waals surface area contributed by atoms with Crippen LogP contribution < -0.4 is 15.5 Å². The van der Waals surface area contributed by atoms with Gasteiger partial charge in [0.15, 0.2) is 0 Å². The molecule has 0 radical (unpaired) electrons. The van der Waals surface area contributed by atoms with Crippen LogP contribution in [-0.2, 0) is 26.2 Å². The van der Waals surface area contributed by atoms with E-state index < -0.39 is 21.8 Å². The van der Waals surface area contributed by atoms with Gasteiger partial charge in [0.05, 0.1) is 17.7 Å². The van der Waals surface area contributed by atoms with Crippen LogP contribution in [-0.4, -0.2) is 26.4 Å². The average molecular weight is 540 g/mol. The summed E-state index contributed by atoms with van der Waals surface area (Å²) in [5.41, 5.74) is 2.53. The third-order valence-corrected chi connectivity index (χ3v) is 6.05. The van der Waals surface area contributed by atoms with Crippen molar-refractivity contribution in [3.05, 3.63) is 81.7 Å². The largest absolute Gasteiger partial charge is 0.459 e. The zero-order valence-electron chi connectivity index (χ0n) is 16.2. The lowest BCUT2D eigenvalue weighted by molar-refractivity contribution is -0.136. The minimum atomic E-state index is -3.74. The summed E-state index contributed by atoms with van der Waals surface area (Å²) in [7, 11) is -3.74. The Labute approximate surface area is 197 Å². The molecule has 1 aromatic heterocycles. The molecular weight excluding hydrogens is 524 g/mol. The number of halogens is 2. The molecule has 0 saturated carbocycles. The van der Waals surface area contributed by atoms with Crippen LogP contribution >= 0.6 is 27.5 Å². The van der Waals surface area contributed by atoms with Crippen molar-refractivity contribution in [2.75, 3.05) is 5.32 Å². The lowest BCUT2D eigenvalue weighted by atomic mass is 10.3. The minimum Gasteiger partial charge on any atom is -0.459 e. The fourth-order valence-electron chi connectivity index (χ4n) is 2.38. The first-order valence-corrected chi connectivity index (χ1v) is 11.6. The topological polar surface area (TPSA) is 130 Å². The van der Waals surface area contributed by atoms with Crippen LogP contribution in [0.15, 0.2) is 79.6 Å². The second-order valence-electron chi connectivity index (χ2n) is 6.25. The molecule has 0 aliphatic rings. The van der Waals surface area contributed by atoms with Gasteiger partial charge in [0, 0.05) is 15.2 Å². The third-order valence-electron chi connectivity index (χ3n) is 3.89. The molecule has 0 unspecified atom stereocenters. The molecule has 0 bridgehead atoms. The van der Waals surface area contributed by atoms with Crippen molar-refractivity contribution in [2.24, 2.45) is 5.10 Å². The van der Waals surface area contributed by atoms with Gasteiger partial charge in [-0.3, -0.25) is 9.59 Å². The lowest BCUT2D eigenvalue weighted by Crippen LogP contribution is -2.32. The summed E-state index contributed by atoms with van der Waals surface area (Å²) in [5, 5.41) is 6.52. The molecule has 9 nitrogen and oxygen atoms in total. The molecule has 0 atom stereocenters. The number of furan rings is 1. The molecule has 1 heterocycles.